The topological polar surface area (TPSA) is 55.1 Å². The molecule has 3 N–H and O–H groups in total. The van der Waals surface area contributed by atoms with Crippen molar-refractivity contribution in [2.75, 3.05) is 0 Å². The minimum absolute atomic E-state index is 0.0865. The lowest BCUT2D eigenvalue weighted by molar-refractivity contribution is -0.122. The van der Waals surface area contributed by atoms with Crippen LogP contribution < -0.4 is 11.1 Å². The first-order valence-electron chi connectivity index (χ1n) is 6.76. The molecule has 2 rings (SSSR count). The van der Waals surface area contributed by atoms with Crippen molar-refractivity contribution in [3.8, 4) is 0 Å². The smallest absolute Gasteiger partial charge is 0.237 e. The Hall–Kier alpha value is -1.65. The maximum atomic E-state index is 12.1. The molecule has 2 aromatic rings. The highest BCUT2D eigenvalue weighted by atomic mass is 32.1. The summed E-state index contributed by atoms with van der Waals surface area (Å²) in [5.41, 5.74) is 8.29. The van der Waals surface area contributed by atoms with E-state index in [0.29, 0.717) is 6.42 Å². The molecule has 0 fully saturated rings. The molecule has 3 nitrogen and oxygen atoms in total. The van der Waals surface area contributed by atoms with Crippen molar-refractivity contribution in [3.05, 3.63) is 58.3 Å². The minimum Gasteiger partial charge on any atom is -0.352 e. The molecule has 1 amide bonds. The Morgan fingerprint density at radius 3 is 2.60 bits per heavy atom. The number of nitrogens with one attached hydrogen (secondary N) is 1. The lowest BCUT2D eigenvalue weighted by atomic mass is 10.1. The van der Waals surface area contributed by atoms with Crippen LogP contribution in [-0.4, -0.2) is 18.0 Å². The maximum Gasteiger partial charge on any atom is 0.237 e. The van der Waals surface area contributed by atoms with Gasteiger partial charge < -0.3 is 11.1 Å². The zero-order chi connectivity index (χ0) is 14.4. The molecule has 2 unspecified atom stereocenters. The number of rotatable bonds is 6. The van der Waals surface area contributed by atoms with E-state index in [2.05, 4.69) is 16.8 Å². The van der Waals surface area contributed by atoms with E-state index in [1.165, 1.54) is 5.56 Å². The lowest BCUT2D eigenvalue weighted by Crippen LogP contribution is -2.46. The third-order valence-electron chi connectivity index (χ3n) is 3.15. The highest BCUT2D eigenvalue weighted by molar-refractivity contribution is 7.07. The van der Waals surface area contributed by atoms with Gasteiger partial charge in [0.2, 0.25) is 5.91 Å². The van der Waals surface area contributed by atoms with Crippen LogP contribution in [0.3, 0.4) is 0 Å². The van der Waals surface area contributed by atoms with Gasteiger partial charge in [-0.3, -0.25) is 4.79 Å². The van der Waals surface area contributed by atoms with Crippen molar-refractivity contribution in [3.63, 3.8) is 0 Å². The van der Waals surface area contributed by atoms with Crippen LogP contribution in [0.4, 0.5) is 0 Å². The molecule has 0 spiro atoms. The summed E-state index contributed by atoms with van der Waals surface area (Å²) in [6, 6.07) is 11.5. The van der Waals surface area contributed by atoms with Crippen molar-refractivity contribution < 1.29 is 4.79 Å². The molecular weight excluding hydrogens is 268 g/mol. The van der Waals surface area contributed by atoms with Gasteiger partial charge in [0.25, 0.3) is 0 Å². The van der Waals surface area contributed by atoms with Gasteiger partial charge in [0.05, 0.1) is 6.04 Å². The standard InChI is InChI=1S/C16H20N2OS/c1-12(9-14-7-8-20-11-14)18-16(19)15(17)10-13-5-3-2-4-6-13/h2-8,11-12,15H,9-10,17H2,1H3,(H,18,19). The van der Waals surface area contributed by atoms with Gasteiger partial charge in [-0.15, -0.1) is 0 Å². The van der Waals surface area contributed by atoms with Gasteiger partial charge in [-0.2, -0.15) is 11.3 Å². The lowest BCUT2D eigenvalue weighted by Gasteiger charge is -2.17. The van der Waals surface area contributed by atoms with Crippen LogP contribution in [0.15, 0.2) is 47.2 Å². The molecule has 0 aliphatic rings. The summed E-state index contributed by atoms with van der Waals surface area (Å²) in [5, 5.41) is 7.13. The monoisotopic (exact) mass is 288 g/mol. The molecule has 0 saturated carbocycles. The average molecular weight is 288 g/mol. The Morgan fingerprint density at radius 2 is 1.95 bits per heavy atom. The molecule has 1 heterocycles. The third kappa shape index (κ3) is 4.47. The fourth-order valence-electron chi connectivity index (χ4n) is 2.12. The first-order chi connectivity index (χ1) is 9.65. The summed E-state index contributed by atoms with van der Waals surface area (Å²) in [4.78, 5) is 12.1. The van der Waals surface area contributed by atoms with Gasteiger partial charge in [-0.25, -0.2) is 0 Å². The Labute approximate surface area is 123 Å². The molecule has 0 aliphatic heterocycles. The van der Waals surface area contributed by atoms with Crippen molar-refractivity contribution in [1.29, 1.82) is 0 Å². The summed E-state index contributed by atoms with van der Waals surface area (Å²) < 4.78 is 0. The van der Waals surface area contributed by atoms with Crippen molar-refractivity contribution in [2.45, 2.75) is 31.8 Å². The van der Waals surface area contributed by atoms with Crippen LogP contribution in [0.5, 0.6) is 0 Å². The molecule has 0 aliphatic carbocycles. The third-order valence-corrected chi connectivity index (χ3v) is 3.88. The summed E-state index contributed by atoms with van der Waals surface area (Å²) in [7, 11) is 0. The number of carbonyl (C=O) groups is 1. The number of carbonyl (C=O) groups excluding carboxylic acids is 1. The normalized spacial score (nSPS) is 13.7. The second kappa shape index (κ2) is 7.22. The van der Waals surface area contributed by atoms with Gasteiger partial charge in [-0.1, -0.05) is 30.3 Å². The summed E-state index contributed by atoms with van der Waals surface area (Å²) in [6.45, 7) is 2.00. The van der Waals surface area contributed by atoms with Gasteiger partial charge in [0.1, 0.15) is 0 Å². The molecule has 0 radical (unpaired) electrons. The van der Waals surface area contributed by atoms with Gasteiger partial charge in [0.15, 0.2) is 0 Å². The number of nitrogens with two attached hydrogens (primary N) is 1. The Morgan fingerprint density at radius 1 is 1.20 bits per heavy atom. The minimum atomic E-state index is -0.498. The van der Waals surface area contributed by atoms with Gasteiger partial charge >= 0.3 is 0 Å². The van der Waals surface area contributed by atoms with Crippen LogP contribution >= 0.6 is 11.3 Å². The van der Waals surface area contributed by atoms with E-state index in [0.717, 1.165) is 12.0 Å². The van der Waals surface area contributed by atoms with E-state index < -0.39 is 6.04 Å². The van der Waals surface area contributed by atoms with E-state index in [9.17, 15) is 4.79 Å². The fourth-order valence-corrected chi connectivity index (χ4v) is 2.81. The maximum absolute atomic E-state index is 12.1. The number of hydrogen-bond donors (Lipinski definition) is 2. The van der Waals surface area contributed by atoms with Crippen LogP contribution in [0.1, 0.15) is 18.1 Å². The van der Waals surface area contributed by atoms with Crippen molar-refractivity contribution in [2.24, 2.45) is 5.73 Å². The Kier molecular flexibility index (Phi) is 5.32. The quantitative estimate of drug-likeness (QED) is 0.857. The van der Waals surface area contributed by atoms with Crippen molar-refractivity contribution >= 4 is 17.2 Å². The van der Waals surface area contributed by atoms with E-state index in [4.69, 9.17) is 5.73 Å². The van der Waals surface area contributed by atoms with Crippen LogP contribution in [0.25, 0.3) is 0 Å². The highest BCUT2D eigenvalue weighted by Crippen LogP contribution is 2.09. The van der Waals surface area contributed by atoms with Gasteiger partial charge in [-0.05, 0) is 47.7 Å². The molecule has 1 aromatic carbocycles. The molecular formula is C16H20N2OS. The predicted octanol–water partition coefficient (Wildman–Crippen LogP) is 2.37. The summed E-state index contributed by atoms with van der Waals surface area (Å²) in [5.74, 6) is -0.0865. The largest absolute Gasteiger partial charge is 0.352 e. The van der Waals surface area contributed by atoms with Crippen LogP contribution in [-0.2, 0) is 17.6 Å². The SMILES string of the molecule is CC(Cc1ccsc1)NC(=O)C(N)Cc1ccccc1. The Balaban J connectivity index is 1.81. The molecule has 1 aromatic heterocycles. The highest BCUT2D eigenvalue weighted by Gasteiger charge is 2.16. The molecule has 20 heavy (non-hydrogen) atoms. The average Bonchev–Trinajstić information content (AvgIpc) is 2.92. The summed E-state index contributed by atoms with van der Waals surface area (Å²) in [6.07, 6.45) is 1.41. The first kappa shape index (κ1) is 14.8. The van der Waals surface area contributed by atoms with Crippen LogP contribution in [0, 0.1) is 0 Å². The van der Waals surface area contributed by atoms with Crippen molar-refractivity contribution in [1.82, 2.24) is 5.32 Å². The van der Waals surface area contributed by atoms with Gasteiger partial charge in [0, 0.05) is 6.04 Å². The van der Waals surface area contributed by atoms with E-state index in [-0.39, 0.29) is 11.9 Å². The zero-order valence-electron chi connectivity index (χ0n) is 11.6. The molecule has 106 valence electrons. The van der Waals surface area contributed by atoms with Crippen LogP contribution in [0.2, 0.25) is 0 Å². The molecule has 0 saturated heterocycles. The van der Waals surface area contributed by atoms with E-state index >= 15 is 0 Å². The fraction of sp³-hybridized carbons (Fsp3) is 0.312. The Bertz CT molecular complexity index is 525. The molecule has 4 heteroatoms. The summed E-state index contributed by atoms with van der Waals surface area (Å²) >= 11 is 1.67. The molecule has 0 bridgehead atoms. The number of benzene rings is 1. The number of thiophene rings is 1. The first-order valence-corrected chi connectivity index (χ1v) is 7.70. The predicted molar refractivity (Wildman–Crippen MR) is 83.7 cm³/mol. The number of amides is 1. The zero-order valence-corrected chi connectivity index (χ0v) is 12.4. The second-order valence-corrected chi connectivity index (χ2v) is 5.82. The van der Waals surface area contributed by atoms with E-state index in [1.807, 2.05) is 42.6 Å². The second-order valence-electron chi connectivity index (χ2n) is 5.04. The van der Waals surface area contributed by atoms with E-state index in [1.54, 1.807) is 11.3 Å². The molecule has 2 atom stereocenters. The number of hydrogen-bond acceptors (Lipinski definition) is 3.